The van der Waals surface area contributed by atoms with E-state index in [4.69, 9.17) is 21.6 Å². The molecule has 116 valence electrons. The Kier molecular flexibility index (Phi) is 5.22. The maximum absolute atomic E-state index is 11.5. The van der Waals surface area contributed by atoms with Gasteiger partial charge in [0.2, 0.25) is 5.91 Å². The molecule has 0 radical (unpaired) electrons. The molecule has 0 atom stereocenters. The van der Waals surface area contributed by atoms with Gasteiger partial charge in [0.15, 0.2) is 5.70 Å². The number of likely N-dealkylation sites (tertiary alicyclic amines) is 1. The molecular weight excluding hydrogens is 282 g/mol. The highest BCUT2D eigenvalue weighted by molar-refractivity contribution is 5.78. The first-order valence-electron chi connectivity index (χ1n) is 7.03. The van der Waals surface area contributed by atoms with Crippen molar-refractivity contribution in [3.8, 4) is 11.8 Å². The highest BCUT2D eigenvalue weighted by Gasteiger charge is 2.19. The summed E-state index contributed by atoms with van der Waals surface area (Å²) >= 11 is 0. The maximum Gasteiger partial charge on any atom is 0.222 e. The van der Waals surface area contributed by atoms with Gasteiger partial charge in [-0.2, -0.15) is 5.26 Å². The van der Waals surface area contributed by atoms with Gasteiger partial charge in [0.05, 0.1) is 12.2 Å². The number of carbonyl (C=O) groups is 1. The second-order valence-corrected chi connectivity index (χ2v) is 4.91. The van der Waals surface area contributed by atoms with E-state index in [1.165, 1.54) is 0 Å². The minimum absolute atomic E-state index is 0.0970. The number of hydrogen-bond donors (Lipinski definition) is 3. The summed E-state index contributed by atoms with van der Waals surface area (Å²) in [6.45, 7) is 1.78. The lowest BCUT2D eigenvalue weighted by Gasteiger charge is -2.16. The molecule has 1 heterocycles. The van der Waals surface area contributed by atoms with Crippen molar-refractivity contribution in [2.45, 2.75) is 12.8 Å². The van der Waals surface area contributed by atoms with E-state index in [0.29, 0.717) is 30.9 Å². The number of ether oxygens (including phenoxy) is 1. The molecule has 0 aromatic heterocycles. The predicted octanol–water partition coefficient (Wildman–Crippen LogP) is 0.302. The van der Waals surface area contributed by atoms with E-state index in [1.807, 2.05) is 6.07 Å². The molecule has 1 aliphatic rings. The molecule has 1 amide bonds. The van der Waals surface area contributed by atoms with Crippen LogP contribution in [0.1, 0.15) is 18.4 Å². The fourth-order valence-corrected chi connectivity index (χ4v) is 2.28. The topological polar surface area (TPSA) is 117 Å². The van der Waals surface area contributed by atoms with Gasteiger partial charge in [-0.1, -0.05) is 12.1 Å². The summed E-state index contributed by atoms with van der Waals surface area (Å²) < 4.78 is 5.65. The van der Waals surface area contributed by atoms with Crippen LogP contribution in [0.25, 0.3) is 5.70 Å². The summed E-state index contributed by atoms with van der Waals surface area (Å²) in [5.74, 6) is 6.05. The standard InChI is InChI=1S/C15H19N5O2/c16-10-13(19-18)15(17)11-3-1-4-12(9-11)22-8-7-20-6-2-5-14(20)21/h1,3-4,9,19H,2,5-8,17-18H2/b15-13-. The molecular formula is C15H19N5O2. The smallest absolute Gasteiger partial charge is 0.222 e. The third-order valence-corrected chi connectivity index (χ3v) is 3.47. The van der Waals surface area contributed by atoms with Crippen LogP contribution in [0.5, 0.6) is 5.75 Å². The molecule has 2 rings (SSSR count). The lowest BCUT2D eigenvalue weighted by atomic mass is 10.1. The highest BCUT2D eigenvalue weighted by atomic mass is 16.5. The van der Waals surface area contributed by atoms with E-state index >= 15 is 0 Å². The molecule has 1 saturated heterocycles. The van der Waals surface area contributed by atoms with Crippen molar-refractivity contribution in [3.63, 3.8) is 0 Å². The molecule has 5 N–H and O–H groups in total. The Labute approximate surface area is 129 Å². The fraction of sp³-hybridized carbons (Fsp3) is 0.333. The van der Waals surface area contributed by atoms with Crippen LogP contribution in [0, 0.1) is 11.3 Å². The predicted molar refractivity (Wildman–Crippen MR) is 81.8 cm³/mol. The van der Waals surface area contributed by atoms with Gasteiger partial charge in [0, 0.05) is 18.5 Å². The van der Waals surface area contributed by atoms with Gasteiger partial charge in [-0.15, -0.1) is 0 Å². The molecule has 1 aromatic carbocycles. The Bertz CT molecular complexity index is 621. The van der Waals surface area contributed by atoms with E-state index in [9.17, 15) is 4.79 Å². The Morgan fingerprint density at radius 3 is 2.95 bits per heavy atom. The van der Waals surface area contributed by atoms with E-state index in [0.717, 1.165) is 13.0 Å². The number of benzene rings is 1. The second-order valence-electron chi connectivity index (χ2n) is 4.91. The van der Waals surface area contributed by atoms with E-state index in [-0.39, 0.29) is 17.3 Å². The molecule has 0 unspecified atom stereocenters. The molecule has 7 nitrogen and oxygen atoms in total. The quantitative estimate of drug-likeness (QED) is 0.395. The molecule has 22 heavy (non-hydrogen) atoms. The molecule has 1 fully saturated rings. The monoisotopic (exact) mass is 301 g/mol. The van der Waals surface area contributed by atoms with Gasteiger partial charge in [-0.25, -0.2) is 5.84 Å². The normalized spacial score (nSPS) is 15.3. The van der Waals surface area contributed by atoms with Crippen LogP contribution in [0.2, 0.25) is 0 Å². The zero-order chi connectivity index (χ0) is 15.9. The average Bonchev–Trinajstić information content (AvgIpc) is 2.94. The molecule has 0 spiro atoms. The summed E-state index contributed by atoms with van der Waals surface area (Å²) in [4.78, 5) is 13.3. The average molecular weight is 301 g/mol. The van der Waals surface area contributed by atoms with E-state index < -0.39 is 0 Å². The molecule has 0 bridgehead atoms. The second kappa shape index (κ2) is 7.33. The molecule has 7 heteroatoms. The number of nitriles is 1. The number of rotatable bonds is 6. The van der Waals surface area contributed by atoms with Gasteiger partial charge < -0.3 is 20.8 Å². The summed E-state index contributed by atoms with van der Waals surface area (Å²) in [6, 6.07) is 8.96. The van der Waals surface area contributed by atoms with Gasteiger partial charge in [-0.05, 0) is 18.6 Å². The van der Waals surface area contributed by atoms with Crippen molar-refractivity contribution in [3.05, 3.63) is 35.5 Å². The number of carbonyl (C=O) groups excluding carboxylic acids is 1. The zero-order valence-corrected chi connectivity index (χ0v) is 12.2. The van der Waals surface area contributed by atoms with Crippen LogP contribution in [-0.2, 0) is 4.79 Å². The molecule has 1 aliphatic heterocycles. The van der Waals surface area contributed by atoms with Gasteiger partial charge in [0.1, 0.15) is 18.4 Å². The van der Waals surface area contributed by atoms with E-state index in [2.05, 4.69) is 5.43 Å². The van der Waals surface area contributed by atoms with Crippen molar-refractivity contribution in [1.29, 1.82) is 5.26 Å². The SMILES string of the molecule is N#C/C(NN)=C(/N)c1cccc(OCCN2CCCC2=O)c1. The Hall–Kier alpha value is -2.72. The number of nitrogens with two attached hydrogens (primary N) is 2. The number of hydrazine groups is 1. The van der Waals surface area contributed by atoms with Crippen LogP contribution in [0.4, 0.5) is 0 Å². The molecule has 1 aromatic rings. The first-order chi connectivity index (χ1) is 10.7. The Balaban J connectivity index is 1.98. The number of hydrogen-bond acceptors (Lipinski definition) is 6. The third kappa shape index (κ3) is 3.68. The van der Waals surface area contributed by atoms with E-state index in [1.54, 1.807) is 29.2 Å². The van der Waals surface area contributed by atoms with Crippen molar-refractivity contribution >= 4 is 11.6 Å². The number of nitrogens with one attached hydrogen (secondary N) is 1. The molecule has 0 saturated carbocycles. The van der Waals surface area contributed by atoms with Crippen molar-refractivity contribution in [2.75, 3.05) is 19.7 Å². The van der Waals surface area contributed by atoms with Crippen LogP contribution in [0.15, 0.2) is 30.0 Å². The number of allylic oxidation sites excluding steroid dienone is 1. The minimum Gasteiger partial charge on any atom is -0.492 e. The molecule has 0 aliphatic carbocycles. The van der Waals surface area contributed by atoms with Crippen LogP contribution >= 0.6 is 0 Å². The van der Waals surface area contributed by atoms with Gasteiger partial charge in [0.25, 0.3) is 0 Å². The summed E-state index contributed by atoms with van der Waals surface area (Å²) in [5.41, 5.74) is 9.14. The fourth-order valence-electron chi connectivity index (χ4n) is 2.28. The summed E-state index contributed by atoms with van der Waals surface area (Å²) in [6.07, 6.45) is 1.54. The third-order valence-electron chi connectivity index (χ3n) is 3.47. The first kappa shape index (κ1) is 15.7. The summed E-state index contributed by atoms with van der Waals surface area (Å²) in [5, 5.41) is 8.92. The Morgan fingerprint density at radius 1 is 1.50 bits per heavy atom. The van der Waals surface area contributed by atoms with Gasteiger partial charge in [-0.3, -0.25) is 4.79 Å². The first-order valence-corrected chi connectivity index (χ1v) is 7.03. The maximum atomic E-state index is 11.5. The van der Waals surface area contributed by atoms with Crippen molar-refractivity contribution in [2.24, 2.45) is 11.6 Å². The number of nitrogens with zero attached hydrogens (tertiary/aromatic N) is 2. The van der Waals surface area contributed by atoms with Gasteiger partial charge >= 0.3 is 0 Å². The summed E-state index contributed by atoms with van der Waals surface area (Å²) in [7, 11) is 0. The van der Waals surface area contributed by atoms with Crippen LogP contribution in [0.3, 0.4) is 0 Å². The van der Waals surface area contributed by atoms with Crippen LogP contribution < -0.4 is 21.7 Å². The largest absolute Gasteiger partial charge is 0.492 e. The number of amides is 1. The van der Waals surface area contributed by atoms with Crippen LogP contribution in [-0.4, -0.2) is 30.5 Å². The van der Waals surface area contributed by atoms with Crippen molar-refractivity contribution in [1.82, 2.24) is 10.3 Å². The minimum atomic E-state index is 0.0970. The van der Waals surface area contributed by atoms with Crippen molar-refractivity contribution < 1.29 is 9.53 Å². The highest BCUT2D eigenvalue weighted by Crippen LogP contribution is 2.19. The zero-order valence-electron chi connectivity index (χ0n) is 12.2. The lowest BCUT2D eigenvalue weighted by Crippen LogP contribution is -2.29. The lowest BCUT2D eigenvalue weighted by molar-refractivity contribution is -0.128. The Morgan fingerprint density at radius 2 is 2.32 bits per heavy atom.